The van der Waals surface area contributed by atoms with Gasteiger partial charge in [-0.05, 0) is 38.5 Å². The molecule has 0 aliphatic heterocycles. The van der Waals surface area contributed by atoms with Crippen LogP contribution in [0.2, 0.25) is 0 Å². The molecule has 0 radical (unpaired) electrons. The molecule has 0 rings (SSSR count). The van der Waals surface area contributed by atoms with E-state index in [1.165, 1.54) is 122 Å². The number of aliphatic hydroxyl groups is 2. The van der Waals surface area contributed by atoms with Gasteiger partial charge in [-0.1, -0.05) is 204 Å². The minimum atomic E-state index is -4.64. The van der Waals surface area contributed by atoms with E-state index in [-0.39, 0.29) is 19.4 Å². The molecular weight excluding hydrogens is 767 g/mol. The molecule has 3 N–H and O–H groups in total. The van der Waals surface area contributed by atoms with Crippen LogP contribution in [-0.4, -0.2) is 65.7 Å². The van der Waals surface area contributed by atoms with Gasteiger partial charge in [0, 0.05) is 12.8 Å². The number of phosphoric ester groups is 1. The van der Waals surface area contributed by atoms with E-state index in [1.807, 2.05) is 12.2 Å². The molecule has 0 heterocycles. The predicted molar refractivity (Wildman–Crippen MR) is 242 cm³/mol. The van der Waals surface area contributed by atoms with Gasteiger partial charge in [0.05, 0.1) is 19.8 Å². The summed E-state index contributed by atoms with van der Waals surface area (Å²) < 4.78 is 32.6. The summed E-state index contributed by atoms with van der Waals surface area (Å²) in [4.78, 5) is 35.0. The number of esters is 2. The minimum absolute atomic E-state index is 0.0637. The Morgan fingerprint density at radius 3 is 1.37 bits per heavy atom. The van der Waals surface area contributed by atoms with Crippen molar-refractivity contribution in [1.82, 2.24) is 0 Å². The predicted octanol–water partition coefficient (Wildman–Crippen LogP) is 12.9. The number of ether oxygens (including phenoxy) is 2. The Morgan fingerprint density at radius 2 is 0.932 bits per heavy atom. The van der Waals surface area contributed by atoms with Crippen molar-refractivity contribution in [3.8, 4) is 0 Å². The van der Waals surface area contributed by atoms with Crippen molar-refractivity contribution < 1.29 is 47.8 Å². The first-order valence-electron chi connectivity index (χ1n) is 23.6. The first-order chi connectivity index (χ1) is 28.7. The maximum atomic E-state index is 12.6. The summed E-state index contributed by atoms with van der Waals surface area (Å²) in [7, 11) is -4.64. The average molecular weight is 855 g/mol. The monoisotopic (exact) mass is 855 g/mol. The van der Waals surface area contributed by atoms with Crippen molar-refractivity contribution in [1.29, 1.82) is 0 Å². The Morgan fingerprint density at radius 1 is 0.525 bits per heavy atom. The van der Waals surface area contributed by atoms with Crippen LogP contribution in [0.25, 0.3) is 0 Å². The molecule has 59 heavy (non-hydrogen) atoms. The third-order valence-electron chi connectivity index (χ3n) is 10.0. The first-order valence-corrected chi connectivity index (χ1v) is 25.1. The smallest absolute Gasteiger partial charge is 0.462 e. The molecule has 0 aliphatic carbocycles. The van der Waals surface area contributed by atoms with E-state index in [4.69, 9.17) is 19.1 Å². The Bertz CT molecular complexity index is 1120. The minimum Gasteiger partial charge on any atom is -0.462 e. The van der Waals surface area contributed by atoms with Gasteiger partial charge < -0.3 is 24.6 Å². The standard InChI is InChI=1S/C48H87O10P/c1-3-5-7-9-11-13-15-17-18-19-20-21-22-23-24-25-26-28-29-31-33-35-37-39-47(51)55-43-46(44-57-59(53,54)56-42-45(50)41-49)58-48(52)40-38-36-34-32-30-27-16-14-12-10-8-6-4-2/h6,8,12,14,27,30,34,36,45-46,49-50H,3-5,7,9-11,13,15-26,28-29,31-33,35,37-44H2,1-2H3,(H,53,54)/b8-6-,14-12-,30-27-,36-34-. The van der Waals surface area contributed by atoms with E-state index in [0.29, 0.717) is 12.8 Å². The topological polar surface area (TPSA) is 149 Å². The molecule has 0 fully saturated rings. The Hall–Kier alpha value is -2.07. The van der Waals surface area contributed by atoms with Crippen molar-refractivity contribution in [2.24, 2.45) is 0 Å². The van der Waals surface area contributed by atoms with Crippen LogP contribution in [0.3, 0.4) is 0 Å². The van der Waals surface area contributed by atoms with Gasteiger partial charge in [0.1, 0.15) is 12.7 Å². The molecule has 0 saturated carbocycles. The molecule has 0 amide bonds. The summed E-state index contributed by atoms with van der Waals surface area (Å²) >= 11 is 0. The van der Waals surface area contributed by atoms with Crippen molar-refractivity contribution in [3.05, 3.63) is 48.6 Å². The molecule has 0 saturated heterocycles. The highest BCUT2D eigenvalue weighted by Gasteiger charge is 2.27. The number of hydrogen-bond acceptors (Lipinski definition) is 9. The molecule has 0 bridgehead atoms. The summed E-state index contributed by atoms with van der Waals surface area (Å²) in [5.74, 6) is -1.01. The lowest BCUT2D eigenvalue weighted by atomic mass is 10.0. The van der Waals surface area contributed by atoms with E-state index in [0.717, 1.165) is 44.9 Å². The number of unbranched alkanes of at least 4 members (excludes halogenated alkanes) is 22. The number of aliphatic hydroxyl groups excluding tert-OH is 2. The number of phosphoric acid groups is 1. The van der Waals surface area contributed by atoms with Crippen molar-refractivity contribution >= 4 is 19.8 Å². The van der Waals surface area contributed by atoms with Crippen molar-refractivity contribution in [3.63, 3.8) is 0 Å². The molecular formula is C48H87O10P. The van der Waals surface area contributed by atoms with Gasteiger partial charge in [0.2, 0.25) is 0 Å². The van der Waals surface area contributed by atoms with E-state index in [1.54, 1.807) is 0 Å². The highest BCUT2D eigenvalue weighted by Crippen LogP contribution is 2.43. The van der Waals surface area contributed by atoms with E-state index in [9.17, 15) is 24.2 Å². The zero-order chi connectivity index (χ0) is 43.3. The van der Waals surface area contributed by atoms with E-state index < -0.39 is 51.8 Å². The van der Waals surface area contributed by atoms with E-state index in [2.05, 4.69) is 54.8 Å². The number of hydrogen-bond donors (Lipinski definition) is 3. The molecule has 11 heteroatoms. The van der Waals surface area contributed by atoms with Gasteiger partial charge in [-0.2, -0.15) is 0 Å². The van der Waals surface area contributed by atoms with E-state index >= 15 is 0 Å². The fraction of sp³-hybridized carbons (Fsp3) is 0.792. The maximum Gasteiger partial charge on any atom is 0.472 e. The summed E-state index contributed by atoms with van der Waals surface area (Å²) in [5, 5.41) is 18.3. The second-order valence-corrected chi connectivity index (χ2v) is 17.2. The summed E-state index contributed by atoms with van der Waals surface area (Å²) in [6.07, 6.45) is 48.3. The van der Waals surface area contributed by atoms with Gasteiger partial charge in [-0.25, -0.2) is 4.57 Å². The first kappa shape index (κ1) is 56.9. The molecule has 3 unspecified atom stereocenters. The van der Waals surface area contributed by atoms with Crippen molar-refractivity contribution in [2.75, 3.05) is 26.4 Å². The third kappa shape index (κ3) is 43.8. The van der Waals surface area contributed by atoms with Crippen molar-refractivity contribution in [2.45, 2.75) is 219 Å². The second-order valence-electron chi connectivity index (χ2n) is 15.8. The summed E-state index contributed by atoms with van der Waals surface area (Å²) in [6, 6.07) is 0. The average Bonchev–Trinajstić information content (AvgIpc) is 3.22. The van der Waals surface area contributed by atoms with Gasteiger partial charge in [0.25, 0.3) is 0 Å². The molecule has 0 aromatic rings. The van der Waals surface area contributed by atoms with Crippen LogP contribution in [0.5, 0.6) is 0 Å². The Labute approximate surface area is 360 Å². The second kappa shape index (κ2) is 44.0. The van der Waals surface area contributed by atoms with Crippen LogP contribution in [0.15, 0.2) is 48.6 Å². The van der Waals surface area contributed by atoms with Crippen LogP contribution in [0.4, 0.5) is 0 Å². The lowest BCUT2D eigenvalue weighted by Crippen LogP contribution is -2.29. The molecule has 0 spiro atoms. The van der Waals surface area contributed by atoms with Gasteiger partial charge in [0.15, 0.2) is 6.10 Å². The summed E-state index contributed by atoms with van der Waals surface area (Å²) in [5.41, 5.74) is 0. The largest absolute Gasteiger partial charge is 0.472 e. The fourth-order valence-corrected chi connectivity index (χ4v) is 7.21. The zero-order valence-electron chi connectivity index (χ0n) is 37.5. The van der Waals surface area contributed by atoms with Crippen LogP contribution >= 0.6 is 7.82 Å². The maximum absolute atomic E-state index is 12.6. The Kier molecular flexibility index (Phi) is 42.5. The van der Waals surface area contributed by atoms with Crippen LogP contribution in [-0.2, 0) is 32.7 Å². The molecule has 3 atom stereocenters. The third-order valence-corrected chi connectivity index (χ3v) is 11.0. The van der Waals surface area contributed by atoms with Crippen LogP contribution in [0.1, 0.15) is 206 Å². The number of carbonyl (C=O) groups excluding carboxylic acids is 2. The normalized spacial score (nSPS) is 14.2. The lowest BCUT2D eigenvalue weighted by Gasteiger charge is -2.20. The quantitative estimate of drug-likeness (QED) is 0.0234. The number of carbonyl (C=O) groups is 2. The SMILES string of the molecule is CC/C=C\C/C=C\C/C=C\C/C=C\CCC(=O)OC(COC(=O)CCCCCCCCCCCCCCCCCCCCCCCCC)COP(=O)(O)OCC(O)CO. The fourth-order valence-electron chi connectivity index (χ4n) is 6.42. The van der Waals surface area contributed by atoms with Gasteiger partial charge >= 0.3 is 19.8 Å². The van der Waals surface area contributed by atoms with Crippen LogP contribution < -0.4 is 0 Å². The summed E-state index contributed by atoms with van der Waals surface area (Å²) in [6.45, 7) is 2.20. The Balaban J connectivity index is 4.18. The molecule has 344 valence electrons. The van der Waals surface area contributed by atoms with Gasteiger partial charge in [-0.15, -0.1) is 0 Å². The lowest BCUT2D eigenvalue weighted by molar-refractivity contribution is -0.161. The molecule has 10 nitrogen and oxygen atoms in total. The zero-order valence-corrected chi connectivity index (χ0v) is 38.4. The number of rotatable bonds is 44. The molecule has 0 aromatic carbocycles. The number of allylic oxidation sites excluding steroid dienone is 8. The molecule has 0 aromatic heterocycles. The highest BCUT2D eigenvalue weighted by molar-refractivity contribution is 7.47. The van der Waals surface area contributed by atoms with Crippen LogP contribution in [0, 0.1) is 0 Å². The van der Waals surface area contributed by atoms with Gasteiger partial charge in [-0.3, -0.25) is 18.6 Å². The highest BCUT2D eigenvalue weighted by atomic mass is 31.2. The molecule has 0 aliphatic rings.